The summed E-state index contributed by atoms with van der Waals surface area (Å²) in [7, 11) is 0. The Balaban J connectivity index is 1.56. The van der Waals surface area contributed by atoms with Crippen molar-refractivity contribution in [2.75, 3.05) is 6.61 Å². The smallest absolute Gasteiger partial charge is 0.283 e. The van der Waals surface area contributed by atoms with E-state index in [0.717, 1.165) is 33.4 Å². The van der Waals surface area contributed by atoms with Gasteiger partial charge in [-0.1, -0.05) is 18.2 Å². The van der Waals surface area contributed by atoms with Crippen LogP contribution in [0.3, 0.4) is 0 Å². The van der Waals surface area contributed by atoms with Crippen molar-refractivity contribution < 1.29 is 9.47 Å². The molecule has 0 saturated heterocycles. The first kappa shape index (κ1) is 17.6. The lowest BCUT2D eigenvalue weighted by Crippen LogP contribution is -2.31. The van der Waals surface area contributed by atoms with Crippen molar-refractivity contribution in [3.05, 3.63) is 90.6 Å². The van der Waals surface area contributed by atoms with Crippen molar-refractivity contribution in [3.8, 4) is 33.9 Å². The summed E-state index contributed by atoms with van der Waals surface area (Å²) in [5.41, 5.74) is 10.7. The molecule has 150 valence electrons. The van der Waals surface area contributed by atoms with Gasteiger partial charge in [0, 0.05) is 53.2 Å². The van der Waals surface area contributed by atoms with Crippen LogP contribution in [0.1, 0.15) is 11.1 Å². The Morgan fingerprint density at radius 2 is 1.55 bits per heavy atom. The van der Waals surface area contributed by atoms with Gasteiger partial charge in [-0.3, -0.25) is 9.97 Å². The molecule has 0 amide bonds. The minimum absolute atomic E-state index is 0.150. The van der Waals surface area contributed by atoms with Crippen LogP contribution in [0.5, 0.6) is 11.6 Å². The Bertz CT molecular complexity index is 1230. The molecule has 6 rings (SSSR count). The Morgan fingerprint density at radius 1 is 0.806 bits per heavy atom. The van der Waals surface area contributed by atoms with Crippen molar-refractivity contribution in [1.29, 1.82) is 0 Å². The molecule has 2 aliphatic rings. The van der Waals surface area contributed by atoms with Crippen LogP contribution >= 0.6 is 0 Å². The van der Waals surface area contributed by atoms with Crippen molar-refractivity contribution in [2.24, 2.45) is 10.7 Å². The number of fused-ring (bicyclic) bond motifs is 4. The lowest BCUT2D eigenvalue weighted by molar-refractivity contribution is 0.262. The first-order valence-corrected chi connectivity index (χ1v) is 9.85. The molecule has 0 fully saturated rings. The van der Waals surface area contributed by atoms with E-state index in [-0.39, 0.29) is 12.6 Å². The topological polar surface area (TPSA) is 95.5 Å². The fourth-order valence-electron chi connectivity index (χ4n) is 4.13. The quantitative estimate of drug-likeness (QED) is 0.541. The summed E-state index contributed by atoms with van der Waals surface area (Å²) in [6.07, 6.45) is 8.91. The molecule has 0 bridgehead atoms. The first-order valence-electron chi connectivity index (χ1n) is 9.85. The van der Waals surface area contributed by atoms with Gasteiger partial charge in [0.15, 0.2) is 5.54 Å². The lowest BCUT2D eigenvalue weighted by atomic mass is 9.81. The van der Waals surface area contributed by atoms with E-state index in [1.54, 1.807) is 24.8 Å². The number of aromatic nitrogens is 3. The Kier molecular flexibility index (Phi) is 3.76. The third kappa shape index (κ3) is 2.74. The third-order valence-corrected chi connectivity index (χ3v) is 5.65. The van der Waals surface area contributed by atoms with Crippen LogP contribution < -0.4 is 10.5 Å². The molecule has 0 unspecified atom stereocenters. The molecular formula is C24H17N5O2. The number of hydrogen-bond donors (Lipinski definition) is 1. The maximum absolute atomic E-state index is 6.17. The first-order chi connectivity index (χ1) is 15.2. The number of pyridine rings is 3. The van der Waals surface area contributed by atoms with Crippen molar-refractivity contribution in [3.63, 3.8) is 0 Å². The number of aliphatic imine (C=N–C) groups is 1. The molecule has 2 N–H and O–H groups in total. The molecule has 7 heteroatoms. The van der Waals surface area contributed by atoms with Crippen molar-refractivity contribution in [2.45, 2.75) is 5.54 Å². The van der Waals surface area contributed by atoms with Gasteiger partial charge >= 0.3 is 0 Å². The zero-order chi connectivity index (χ0) is 20.8. The van der Waals surface area contributed by atoms with E-state index < -0.39 is 5.54 Å². The monoisotopic (exact) mass is 407 g/mol. The predicted molar refractivity (Wildman–Crippen MR) is 116 cm³/mol. The van der Waals surface area contributed by atoms with Crippen LogP contribution in [0.25, 0.3) is 22.3 Å². The molecular weight excluding hydrogens is 390 g/mol. The summed E-state index contributed by atoms with van der Waals surface area (Å²) < 4.78 is 11.8. The molecule has 3 aromatic heterocycles. The van der Waals surface area contributed by atoms with Crippen LogP contribution in [0.15, 0.2) is 84.5 Å². The van der Waals surface area contributed by atoms with Crippen molar-refractivity contribution in [1.82, 2.24) is 15.0 Å². The molecule has 31 heavy (non-hydrogen) atoms. The van der Waals surface area contributed by atoms with Crippen LogP contribution in [-0.2, 0) is 10.3 Å². The number of rotatable bonds is 2. The van der Waals surface area contributed by atoms with Gasteiger partial charge in [-0.15, -0.1) is 0 Å². The highest BCUT2D eigenvalue weighted by atomic mass is 16.5. The van der Waals surface area contributed by atoms with E-state index in [9.17, 15) is 0 Å². The summed E-state index contributed by atoms with van der Waals surface area (Å²) in [6, 6.07) is 16.0. The lowest BCUT2D eigenvalue weighted by Gasteiger charge is -2.33. The standard InChI is InChI=1S/C24H17N5O2/c25-23-29-24(14-30-23)19-9-15(16-3-1-7-26-11-16)5-6-21(19)31-22-20(24)10-18(13-28-22)17-4-2-8-27-12-17/h1-13H,14H2,(H2,25,29)/t24-/m0/s1. The highest BCUT2D eigenvalue weighted by Gasteiger charge is 2.47. The maximum Gasteiger partial charge on any atom is 0.283 e. The van der Waals surface area contributed by atoms with Crippen LogP contribution in [0.2, 0.25) is 0 Å². The van der Waals surface area contributed by atoms with Crippen LogP contribution in [0.4, 0.5) is 0 Å². The van der Waals surface area contributed by atoms with E-state index >= 15 is 0 Å². The number of amidine groups is 1. The molecule has 0 saturated carbocycles. The summed E-state index contributed by atoms with van der Waals surface area (Å²) in [5, 5.41) is 0. The molecule has 0 aliphatic carbocycles. The van der Waals surface area contributed by atoms with E-state index in [4.69, 9.17) is 20.2 Å². The van der Waals surface area contributed by atoms with Gasteiger partial charge in [-0.05, 0) is 35.9 Å². The Labute approximate surface area is 178 Å². The predicted octanol–water partition coefficient (Wildman–Crippen LogP) is 3.90. The van der Waals surface area contributed by atoms with Gasteiger partial charge in [-0.25, -0.2) is 9.98 Å². The average Bonchev–Trinajstić information content (AvgIpc) is 3.22. The molecule has 5 heterocycles. The van der Waals surface area contributed by atoms with Gasteiger partial charge in [0.2, 0.25) is 5.88 Å². The second-order valence-corrected chi connectivity index (χ2v) is 7.47. The van der Waals surface area contributed by atoms with Crippen molar-refractivity contribution >= 4 is 6.02 Å². The van der Waals surface area contributed by atoms with Gasteiger partial charge in [0.25, 0.3) is 6.02 Å². The normalized spacial score (nSPS) is 18.5. The molecule has 0 radical (unpaired) electrons. The number of nitrogens with two attached hydrogens (primary N) is 1. The summed E-state index contributed by atoms with van der Waals surface area (Å²) >= 11 is 0. The number of hydrogen-bond acceptors (Lipinski definition) is 7. The summed E-state index contributed by atoms with van der Waals surface area (Å²) in [5.74, 6) is 1.18. The fraction of sp³-hybridized carbons (Fsp3) is 0.0833. The van der Waals surface area contributed by atoms with Gasteiger partial charge in [0.05, 0.1) is 5.56 Å². The van der Waals surface area contributed by atoms with Crippen LogP contribution in [-0.4, -0.2) is 27.6 Å². The second kappa shape index (κ2) is 6.63. The highest BCUT2D eigenvalue weighted by molar-refractivity contribution is 5.78. The van der Waals surface area contributed by atoms with Gasteiger partial charge in [0.1, 0.15) is 12.4 Å². The number of ether oxygens (including phenoxy) is 2. The molecule has 4 aromatic rings. The third-order valence-electron chi connectivity index (χ3n) is 5.65. The van der Waals surface area contributed by atoms with E-state index in [1.165, 1.54) is 0 Å². The number of benzene rings is 1. The van der Waals surface area contributed by atoms with E-state index in [0.29, 0.717) is 11.6 Å². The fourth-order valence-corrected chi connectivity index (χ4v) is 4.13. The Hall–Kier alpha value is -4.26. The second-order valence-electron chi connectivity index (χ2n) is 7.47. The Morgan fingerprint density at radius 3 is 2.23 bits per heavy atom. The molecule has 7 nitrogen and oxygen atoms in total. The minimum Gasteiger partial charge on any atom is -0.462 e. The zero-order valence-electron chi connectivity index (χ0n) is 16.4. The van der Waals surface area contributed by atoms with E-state index in [2.05, 4.69) is 21.0 Å². The number of nitrogens with zero attached hydrogens (tertiary/aromatic N) is 4. The molecule has 1 spiro atoms. The molecule has 1 atom stereocenters. The van der Waals surface area contributed by atoms with Gasteiger partial charge in [-0.2, -0.15) is 0 Å². The molecule has 1 aromatic carbocycles. The SMILES string of the molecule is NC1=N[C@@]2(CO1)c1cc(-c3cccnc3)ccc1Oc1ncc(-c3cccnc3)cc12. The van der Waals surface area contributed by atoms with Crippen LogP contribution in [0, 0.1) is 0 Å². The zero-order valence-corrected chi connectivity index (χ0v) is 16.4. The molecule has 2 aliphatic heterocycles. The highest BCUT2D eigenvalue weighted by Crippen LogP contribution is 2.51. The van der Waals surface area contributed by atoms with Gasteiger partial charge < -0.3 is 15.2 Å². The largest absolute Gasteiger partial charge is 0.462 e. The van der Waals surface area contributed by atoms with E-state index in [1.807, 2.05) is 48.7 Å². The summed E-state index contributed by atoms with van der Waals surface area (Å²) in [4.78, 5) is 17.8. The average molecular weight is 407 g/mol. The maximum atomic E-state index is 6.17. The summed E-state index contributed by atoms with van der Waals surface area (Å²) in [6.45, 7) is 0.275. The minimum atomic E-state index is -0.837.